The number of rotatable bonds is 5. The number of aromatic nitrogens is 2. The molecule has 0 fully saturated rings. The quantitative estimate of drug-likeness (QED) is 0.732. The van der Waals surface area contributed by atoms with Crippen molar-refractivity contribution in [3.8, 4) is 0 Å². The van der Waals surface area contributed by atoms with Crippen molar-refractivity contribution >= 4 is 29.2 Å². The van der Waals surface area contributed by atoms with Gasteiger partial charge in [0.05, 0.1) is 16.9 Å². The first-order valence-corrected chi connectivity index (χ1v) is 7.09. The number of nitrogens with one attached hydrogen (secondary N) is 2. The summed E-state index contributed by atoms with van der Waals surface area (Å²) in [4.78, 5) is 12.2. The highest BCUT2D eigenvalue weighted by atomic mass is 32.2. The predicted octanol–water partition coefficient (Wildman–Crippen LogP) is 3.14. The number of aryl methyl sites for hydroxylation is 1. The molecule has 100 valence electrons. The summed E-state index contributed by atoms with van der Waals surface area (Å²) >= 11 is 1.51. The number of anilines is 2. The maximum atomic E-state index is 11.3. The maximum Gasteiger partial charge on any atom is 0.337 e. The van der Waals surface area contributed by atoms with Crippen molar-refractivity contribution in [3.63, 3.8) is 0 Å². The fraction of sp³-hybridized carbons (Fsp3) is 0.231. The third kappa shape index (κ3) is 3.08. The van der Waals surface area contributed by atoms with Crippen LogP contribution in [-0.4, -0.2) is 27.5 Å². The number of carbonyl (C=O) groups is 1. The molecular formula is C13H15N3O2S. The fourth-order valence-corrected chi connectivity index (χ4v) is 2.13. The molecule has 0 unspecified atom stereocenters. The van der Waals surface area contributed by atoms with E-state index >= 15 is 0 Å². The van der Waals surface area contributed by atoms with E-state index in [2.05, 4.69) is 15.5 Å². The second kappa shape index (κ2) is 5.79. The first-order valence-electron chi connectivity index (χ1n) is 5.86. The molecule has 0 bridgehead atoms. The van der Waals surface area contributed by atoms with Gasteiger partial charge in [0.25, 0.3) is 0 Å². The summed E-state index contributed by atoms with van der Waals surface area (Å²) < 4.78 is 0. The Morgan fingerprint density at radius 2 is 2.26 bits per heavy atom. The van der Waals surface area contributed by atoms with Crippen molar-refractivity contribution in [2.45, 2.75) is 18.2 Å². The zero-order chi connectivity index (χ0) is 13.8. The van der Waals surface area contributed by atoms with Crippen LogP contribution >= 0.6 is 11.8 Å². The molecule has 3 N–H and O–H groups in total. The van der Waals surface area contributed by atoms with Crippen molar-refractivity contribution < 1.29 is 9.90 Å². The molecule has 0 spiro atoms. The van der Waals surface area contributed by atoms with E-state index in [1.54, 1.807) is 12.1 Å². The van der Waals surface area contributed by atoms with Crippen LogP contribution < -0.4 is 5.32 Å². The molecule has 0 amide bonds. The van der Waals surface area contributed by atoms with Crippen molar-refractivity contribution in [1.82, 2.24) is 10.2 Å². The Kier molecular flexibility index (Phi) is 4.11. The minimum atomic E-state index is -0.950. The molecule has 0 atom stereocenters. The molecule has 1 aromatic carbocycles. The fourth-order valence-electron chi connectivity index (χ4n) is 1.69. The molecule has 5 nitrogen and oxygen atoms in total. The summed E-state index contributed by atoms with van der Waals surface area (Å²) in [7, 11) is 0. The van der Waals surface area contributed by atoms with Crippen LogP contribution in [0, 0.1) is 0 Å². The van der Waals surface area contributed by atoms with Gasteiger partial charge < -0.3 is 10.4 Å². The second-order valence-electron chi connectivity index (χ2n) is 3.97. The number of nitrogens with zero attached hydrogens (tertiary/aromatic N) is 1. The minimum Gasteiger partial charge on any atom is -0.478 e. The van der Waals surface area contributed by atoms with E-state index in [0.717, 1.165) is 17.0 Å². The molecule has 6 heteroatoms. The largest absolute Gasteiger partial charge is 0.478 e. The van der Waals surface area contributed by atoms with E-state index in [9.17, 15) is 9.90 Å². The van der Waals surface area contributed by atoms with Gasteiger partial charge in [-0.15, -0.1) is 11.8 Å². The molecule has 19 heavy (non-hydrogen) atoms. The number of aromatic amines is 1. The Morgan fingerprint density at radius 3 is 2.84 bits per heavy atom. The summed E-state index contributed by atoms with van der Waals surface area (Å²) in [5.41, 5.74) is 1.73. The van der Waals surface area contributed by atoms with Crippen LogP contribution in [0.25, 0.3) is 0 Å². The number of hydrogen-bond acceptors (Lipinski definition) is 4. The van der Waals surface area contributed by atoms with Crippen LogP contribution in [0.15, 0.2) is 29.2 Å². The van der Waals surface area contributed by atoms with Gasteiger partial charge >= 0.3 is 5.97 Å². The summed E-state index contributed by atoms with van der Waals surface area (Å²) in [6, 6.07) is 7.18. The topological polar surface area (TPSA) is 78.0 Å². The Balaban J connectivity index is 2.31. The number of carboxylic acids is 1. The summed E-state index contributed by atoms with van der Waals surface area (Å²) in [5, 5.41) is 19.2. The van der Waals surface area contributed by atoms with Gasteiger partial charge in [-0.2, -0.15) is 5.10 Å². The number of H-pyrrole nitrogens is 1. The van der Waals surface area contributed by atoms with E-state index in [1.807, 2.05) is 25.3 Å². The third-order valence-corrected chi connectivity index (χ3v) is 3.44. The minimum absolute atomic E-state index is 0.250. The second-order valence-corrected chi connectivity index (χ2v) is 4.85. The van der Waals surface area contributed by atoms with E-state index < -0.39 is 5.97 Å². The van der Waals surface area contributed by atoms with Crippen LogP contribution in [0.1, 0.15) is 23.0 Å². The average molecular weight is 277 g/mol. The summed E-state index contributed by atoms with van der Waals surface area (Å²) in [6.07, 6.45) is 2.74. The molecule has 0 aliphatic carbocycles. The highest BCUT2D eigenvalue weighted by Crippen LogP contribution is 2.25. The molecule has 1 aromatic heterocycles. The van der Waals surface area contributed by atoms with Crippen LogP contribution in [0.5, 0.6) is 0 Å². The molecule has 1 heterocycles. The van der Waals surface area contributed by atoms with Gasteiger partial charge in [0.2, 0.25) is 0 Å². The van der Waals surface area contributed by atoms with Gasteiger partial charge in [-0.1, -0.05) is 6.92 Å². The van der Waals surface area contributed by atoms with Crippen LogP contribution in [-0.2, 0) is 6.42 Å². The highest BCUT2D eigenvalue weighted by Gasteiger charge is 2.12. The molecular weight excluding hydrogens is 262 g/mol. The first kappa shape index (κ1) is 13.5. The zero-order valence-electron chi connectivity index (χ0n) is 10.7. The molecule has 0 saturated heterocycles. The molecule has 0 radical (unpaired) electrons. The van der Waals surface area contributed by atoms with Gasteiger partial charge in [0, 0.05) is 11.0 Å². The maximum absolute atomic E-state index is 11.3. The molecule has 0 saturated carbocycles. The molecule has 2 rings (SSSR count). The van der Waals surface area contributed by atoms with Crippen molar-refractivity contribution in [2.24, 2.45) is 0 Å². The average Bonchev–Trinajstić information content (AvgIpc) is 2.86. The van der Waals surface area contributed by atoms with Crippen molar-refractivity contribution in [1.29, 1.82) is 0 Å². The summed E-state index contributed by atoms with van der Waals surface area (Å²) in [6.45, 7) is 2.01. The number of aromatic carboxylic acids is 1. The third-order valence-electron chi connectivity index (χ3n) is 2.72. The Morgan fingerprint density at radius 1 is 1.47 bits per heavy atom. The predicted molar refractivity (Wildman–Crippen MR) is 76.4 cm³/mol. The van der Waals surface area contributed by atoms with Crippen molar-refractivity contribution in [2.75, 3.05) is 11.6 Å². The number of benzene rings is 1. The highest BCUT2D eigenvalue weighted by molar-refractivity contribution is 7.98. The van der Waals surface area contributed by atoms with E-state index in [-0.39, 0.29) is 5.56 Å². The Labute approximate surface area is 115 Å². The van der Waals surface area contributed by atoms with Crippen LogP contribution in [0.4, 0.5) is 11.5 Å². The van der Waals surface area contributed by atoms with Gasteiger partial charge in [0.1, 0.15) is 5.82 Å². The van der Waals surface area contributed by atoms with Gasteiger partial charge in [-0.25, -0.2) is 4.79 Å². The SMILES string of the molecule is CCc1cc(Nc2ccc(SC)cc2C(=O)O)[nH]n1. The Bertz CT molecular complexity index is 595. The lowest BCUT2D eigenvalue weighted by atomic mass is 10.2. The monoisotopic (exact) mass is 277 g/mol. The van der Waals surface area contributed by atoms with E-state index in [0.29, 0.717) is 11.5 Å². The standard InChI is InChI=1S/C13H15N3O2S/c1-3-8-6-12(16-15-8)14-11-5-4-9(19-2)7-10(11)13(17)18/h4-7H,3H2,1-2H3,(H,17,18)(H2,14,15,16). The smallest absolute Gasteiger partial charge is 0.337 e. The normalized spacial score (nSPS) is 10.4. The van der Waals surface area contributed by atoms with Crippen LogP contribution in [0.3, 0.4) is 0 Å². The lowest BCUT2D eigenvalue weighted by Gasteiger charge is -2.08. The van der Waals surface area contributed by atoms with Gasteiger partial charge in [-0.05, 0) is 30.9 Å². The number of thioether (sulfide) groups is 1. The van der Waals surface area contributed by atoms with Crippen molar-refractivity contribution in [3.05, 3.63) is 35.5 Å². The number of hydrogen-bond donors (Lipinski definition) is 3. The van der Waals surface area contributed by atoms with Crippen LogP contribution in [0.2, 0.25) is 0 Å². The van der Waals surface area contributed by atoms with Gasteiger partial charge in [-0.3, -0.25) is 5.10 Å². The molecule has 0 aliphatic heterocycles. The number of carboxylic acid groups (broad SMARTS) is 1. The zero-order valence-corrected chi connectivity index (χ0v) is 11.5. The lowest BCUT2D eigenvalue weighted by molar-refractivity contribution is 0.0697. The summed E-state index contributed by atoms with van der Waals surface area (Å²) in [5.74, 6) is -0.259. The lowest BCUT2D eigenvalue weighted by Crippen LogP contribution is -2.03. The Hall–Kier alpha value is -1.95. The van der Waals surface area contributed by atoms with E-state index in [1.165, 1.54) is 11.8 Å². The molecule has 0 aliphatic rings. The first-order chi connectivity index (χ1) is 9.13. The molecule has 2 aromatic rings. The van der Waals surface area contributed by atoms with E-state index in [4.69, 9.17) is 0 Å². The van der Waals surface area contributed by atoms with Gasteiger partial charge in [0.15, 0.2) is 0 Å².